The molecule has 30 heavy (non-hydrogen) atoms. The van der Waals surface area contributed by atoms with Gasteiger partial charge in [-0.25, -0.2) is 0 Å². The quantitative estimate of drug-likeness (QED) is 0.559. The minimum atomic E-state index is -0.0320. The Morgan fingerprint density at radius 2 is 1.67 bits per heavy atom. The van der Waals surface area contributed by atoms with Crippen LogP contribution in [-0.2, 0) is 4.74 Å². The van der Waals surface area contributed by atoms with Crippen LogP contribution in [0.5, 0.6) is 0 Å². The predicted octanol–water partition coefficient (Wildman–Crippen LogP) is 5.37. The normalized spacial score (nSPS) is 62.5. The van der Waals surface area contributed by atoms with E-state index in [0.29, 0.717) is 22.9 Å². The molecule has 4 aliphatic carbocycles. The van der Waals surface area contributed by atoms with Gasteiger partial charge in [0.25, 0.3) is 0 Å². The summed E-state index contributed by atoms with van der Waals surface area (Å²) in [4.78, 5) is 0. The lowest BCUT2D eigenvalue weighted by molar-refractivity contribution is -0.140. The maximum absolute atomic E-state index is 10.3. The summed E-state index contributed by atoms with van der Waals surface area (Å²) in [6.45, 7) is 11.3. The number of fused-ring (bicyclic) bond motifs is 7. The molecule has 6 fully saturated rings. The summed E-state index contributed by atoms with van der Waals surface area (Å²) in [7, 11) is 0. The van der Waals surface area contributed by atoms with Crippen molar-refractivity contribution in [3.05, 3.63) is 0 Å². The lowest BCUT2D eigenvalue weighted by Crippen LogP contribution is -2.57. The van der Waals surface area contributed by atoms with Crippen LogP contribution in [0.15, 0.2) is 0 Å². The molecule has 0 aromatic carbocycles. The number of piperidine rings is 1. The van der Waals surface area contributed by atoms with Gasteiger partial charge < -0.3 is 9.84 Å². The number of aliphatic hydroxyl groups is 1. The minimum Gasteiger partial charge on any atom is -0.393 e. The first-order valence-corrected chi connectivity index (χ1v) is 13.4. The van der Waals surface area contributed by atoms with E-state index < -0.39 is 0 Å². The zero-order valence-electron chi connectivity index (χ0n) is 19.8. The predicted molar refractivity (Wildman–Crippen MR) is 120 cm³/mol. The molecule has 12 atom stereocenters. The van der Waals surface area contributed by atoms with Crippen molar-refractivity contribution >= 4 is 0 Å². The third-order valence-corrected chi connectivity index (χ3v) is 12.1. The van der Waals surface area contributed by atoms with Gasteiger partial charge in [-0.1, -0.05) is 27.7 Å². The highest BCUT2D eigenvalue weighted by molar-refractivity contribution is 5.16. The van der Waals surface area contributed by atoms with Gasteiger partial charge in [-0.05, 0) is 111 Å². The van der Waals surface area contributed by atoms with Crippen molar-refractivity contribution in [3.8, 4) is 0 Å². The van der Waals surface area contributed by atoms with Gasteiger partial charge in [-0.15, -0.1) is 0 Å². The summed E-state index contributed by atoms with van der Waals surface area (Å²) in [5, 5.41) is 14.2. The topological polar surface area (TPSA) is 41.5 Å². The molecule has 0 amide bonds. The Kier molecular flexibility index (Phi) is 4.58. The molecule has 6 aliphatic rings. The van der Waals surface area contributed by atoms with E-state index in [1.807, 2.05) is 0 Å². The standard InChI is InChI=1S/C27H45NO2/c1-16-7-12-27(28-15-16)17(2)24-23(30-27)14-22-20-6-5-18-13-19(29)8-10-25(18,3)21(20)9-11-26(22,24)4/h16-24,28-29H,5-15H2,1-4H3/t16-,17+,18+,19+,20-,21+,22+,23+,24+,25+,26+,27-/m1/s1. The number of hydrogen-bond acceptors (Lipinski definition) is 3. The molecular weight excluding hydrogens is 370 g/mol. The van der Waals surface area contributed by atoms with E-state index >= 15 is 0 Å². The molecule has 0 aromatic rings. The Morgan fingerprint density at radius 1 is 0.867 bits per heavy atom. The van der Waals surface area contributed by atoms with Crippen LogP contribution >= 0.6 is 0 Å². The van der Waals surface area contributed by atoms with Crippen molar-refractivity contribution in [2.45, 2.75) is 110 Å². The summed E-state index contributed by atoms with van der Waals surface area (Å²) in [5.74, 6) is 5.57. The molecule has 3 heteroatoms. The van der Waals surface area contributed by atoms with E-state index in [2.05, 4.69) is 33.0 Å². The van der Waals surface area contributed by atoms with Crippen molar-refractivity contribution in [3.63, 3.8) is 0 Å². The first-order valence-electron chi connectivity index (χ1n) is 13.4. The zero-order chi connectivity index (χ0) is 20.9. The SMILES string of the molecule is C[C@@H]1CC[C@@]2(NC1)O[C@H]1C[C@H]3[C@@H]4CC[C@H]5C[C@@H](O)CC[C@]5(C)[C@H]4CC[C@]3(C)[C@H]1[C@@H]2C. The molecule has 0 bridgehead atoms. The minimum absolute atomic E-state index is 0.0319. The van der Waals surface area contributed by atoms with E-state index in [9.17, 15) is 5.11 Å². The second kappa shape index (κ2) is 6.70. The van der Waals surface area contributed by atoms with Crippen LogP contribution in [0.25, 0.3) is 0 Å². The Morgan fingerprint density at radius 3 is 2.43 bits per heavy atom. The van der Waals surface area contributed by atoms with E-state index in [4.69, 9.17) is 4.74 Å². The van der Waals surface area contributed by atoms with E-state index in [1.54, 1.807) is 0 Å². The van der Waals surface area contributed by atoms with Gasteiger partial charge in [0, 0.05) is 12.5 Å². The molecule has 3 nitrogen and oxygen atoms in total. The van der Waals surface area contributed by atoms with Crippen LogP contribution in [0.3, 0.4) is 0 Å². The Hall–Kier alpha value is -0.120. The number of rotatable bonds is 0. The molecule has 2 aliphatic heterocycles. The molecule has 6 rings (SSSR count). The fourth-order valence-corrected chi connectivity index (χ4v) is 10.4. The van der Waals surface area contributed by atoms with Gasteiger partial charge in [0.15, 0.2) is 0 Å². The van der Waals surface area contributed by atoms with E-state index in [1.165, 1.54) is 51.4 Å². The van der Waals surface area contributed by atoms with Crippen LogP contribution in [0.4, 0.5) is 0 Å². The third kappa shape index (κ3) is 2.61. The summed E-state index contributed by atoms with van der Waals surface area (Å²) in [6, 6.07) is 0. The van der Waals surface area contributed by atoms with Crippen LogP contribution in [0.1, 0.15) is 91.9 Å². The summed E-state index contributed by atoms with van der Waals surface area (Å²) in [6.07, 6.45) is 13.2. The average molecular weight is 416 g/mol. The maximum Gasteiger partial charge on any atom is 0.122 e. The lowest BCUT2D eigenvalue weighted by atomic mass is 9.44. The highest BCUT2D eigenvalue weighted by atomic mass is 16.5. The maximum atomic E-state index is 10.3. The van der Waals surface area contributed by atoms with Crippen molar-refractivity contribution < 1.29 is 9.84 Å². The largest absolute Gasteiger partial charge is 0.393 e. The molecule has 4 saturated carbocycles. The molecular formula is C27H45NO2. The molecule has 2 N–H and O–H groups in total. The Labute approximate surface area is 184 Å². The number of ether oxygens (including phenoxy) is 1. The van der Waals surface area contributed by atoms with Gasteiger partial charge in [-0.3, -0.25) is 5.32 Å². The number of nitrogens with one attached hydrogen (secondary N) is 1. The smallest absolute Gasteiger partial charge is 0.122 e. The van der Waals surface area contributed by atoms with Gasteiger partial charge in [0.05, 0.1) is 12.2 Å². The molecule has 1 spiro atoms. The molecule has 2 saturated heterocycles. The van der Waals surface area contributed by atoms with Gasteiger partial charge in [-0.2, -0.15) is 0 Å². The van der Waals surface area contributed by atoms with Crippen molar-refractivity contribution in [1.82, 2.24) is 5.32 Å². The lowest BCUT2D eigenvalue weighted by Gasteiger charge is -2.61. The van der Waals surface area contributed by atoms with Crippen LogP contribution in [0, 0.1) is 52.3 Å². The van der Waals surface area contributed by atoms with Crippen LogP contribution in [-0.4, -0.2) is 29.6 Å². The van der Waals surface area contributed by atoms with Crippen molar-refractivity contribution in [2.75, 3.05) is 6.54 Å². The van der Waals surface area contributed by atoms with Gasteiger partial charge >= 0.3 is 0 Å². The van der Waals surface area contributed by atoms with Gasteiger partial charge in [0.1, 0.15) is 5.72 Å². The monoisotopic (exact) mass is 415 g/mol. The fraction of sp³-hybridized carbons (Fsp3) is 1.00. The summed E-state index contributed by atoms with van der Waals surface area (Å²) in [5.41, 5.74) is 0.919. The molecule has 2 heterocycles. The highest BCUT2D eigenvalue weighted by Gasteiger charge is 2.68. The first-order chi connectivity index (χ1) is 14.3. The molecule has 0 unspecified atom stereocenters. The summed E-state index contributed by atoms with van der Waals surface area (Å²) < 4.78 is 7.01. The van der Waals surface area contributed by atoms with E-state index in [-0.39, 0.29) is 11.8 Å². The second-order valence-corrected chi connectivity index (χ2v) is 13.3. The Balaban J connectivity index is 1.26. The van der Waals surface area contributed by atoms with Crippen molar-refractivity contribution in [1.29, 1.82) is 0 Å². The second-order valence-electron chi connectivity index (χ2n) is 13.3. The van der Waals surface area contributed by atoms with E-state index in [0.717, 1.165) is 54.9 Å². The average Bonchev–Trinajstić information content (AvgIpc) is 3.16. The third-order valence-electron chi connectivity index (χ3n) is 12.1. The molecule has 0 aromatic heterocycles. The van der Waals surface area contributed by atoms with Gasteiger partial charge in [0.2, 0.25) is 0 Å². The zero-order valence-corrected chi connectivity index (χ0v) is 19.8. The van der Waals surface area contributed by atoms with Crippen LogP contribution < -0.4 is 5.32 Å². The first kappa shape index (κ1) is 20.5. The van der Waals surface area contributed by atoms with Crippen molar-refractivity contribution in [2.24, 2.45) is 52.3 Å². The fourth-order valence-electron chi connectivity index (χ4n) is 10.4. The summed E-state index contributed by atoms with van der Waals surface area (Å²) >= 11 is 0. The highest BCUT2D eigenvalue weighted by Crippen LogP contribution is 2.71. The number of hydrogen-bond donors (Lipinski definition) is 2. The molecule has 0 radical (unpaired) electrons. The Bertz CT molecular complexity index is 686. The molecule has 170 valence electrons. The number of aliphatic hydroxyl groups excluding tert-OH is 1. The van der Waals surface area contributed by atoms with Crippen LogP contribution in [0.2, 0.25) is 0 Å².